The van der Waals surface area contributed by atoms with Crippen molar-refractivity contribution in [2.24, 2.45) is 0 Å². The highest BCUT2D eigenvalue weighted by Crippen LogP contribution is 2.28. The van der Waals surface area contributed by atoms with Crippen LogP contribution in [0.4, 0.5) is 0 Å². The molecule has 182 valence electrons. The van der Waals surface area contributed by atoms with Crippen LogP contribution in [0.1, 0.15) is 33.3 Å². The van der Waals surface area contributed by atoms with Gasteiger partial charge < -0.3 is 33.7 Å². The number of benzene rings is 1. The van der Waals surface area contributed by atoms with Crippen LogP contribution in [0.3, 0.4) is 0 Å². The minimum atomic E-state index is -1.16. The third-order valence-electron chi connectivity index (χ3n) is 4.64. The number of esters is 3. The Labute approximate surface area is 191 Å². The molecular formula is C22H29NO10. The summed E-state index contributed by atoms with van der Waals surface area (Å²) in [5, 5.41) is 2.65. The summed E-state index contributed by atoms with van der Waals surface area (Å²) in [6.45, 7) is 4.63. The average molecular weight is 467 g/mol. The van der Waals surface area contributed by atoms with Gasteiger partial charge >= 0.3 is 17.9 Å². The quantitative estimate of drug-likeness (QED) is 0.411. The molecule has 1 aliphatic rings. The first kappa shape index (κ1) is 26.1. The Balaban J connectivity index is 2.33. The second-order valence-electron chi connectivity index (χ2n) is 7.38. The number of carbonyl (C=O) groups excluding carboxylic acids is 4. The molecule has 11 nitrogen and oxygen atoms in total. The molecule has 0 bridgehead atoms. The van der Waals surface area contributed by atoms with Crippen LogP contribution < -0.4 is 10.1 Å². The van der Waals surface area contributed by atoms with Crippen LogP contribution in [0.2, 0.25) is 0 Å². The highest BCUT2D eigenvalue weighted by atomic mass is 16.7. The fraction of sp³-hybridized carbons (Fsp3) is 0.545. The molecule has 5 atom stereocenters. The number of nitrogens with one attached hydrogen (secondary N) is 1. The number of hydrogen-bond acceptors (Lipinski definition) is 10. The Kier molecular flexibility index (Phi) is 9.61. The van der Waals surface area contributed by atoms with Crippen LogP contribution in [-0.2, 0) is 49.5 Å². The van der Waals surface area contributed by atoms with Gasteiger partial charge in [0.1, 0.15) is 24.5 Å². The summed E-state index contributed by atoms with van der Waals surface area (Å²) in [6.07, 6.45) is -4.46. The Morgan fingerprint density at radius 2 is 1.52 bits per heavy atom. The van der Waals surface area contributed by atoms with Crippen molar-refractivity contribution in [1.29, 1.82) is 0 Å². The zero-order valence-electron chi connectivity index (χ0n) is 19.2. The largest absolute Gasteiger partial charge is 0.497 e. The van der Waals surface area contributed by atoms with Crippen molar-refractivity contribution in [2.75, 3.05) is 13.7 Å². The molecule has 33 heavy (non-hydrogen) atoms. The van der Waals surface area contributed by atoms with E-state index in [2.05, 4.69) is 5.32 Å². The van der Waals surface area contributed by atoms with Crippen LogP contribution in [-0.4, -0.2) is 68.2 Å². The highest BCUT2D eigenvalue weighted by molar-refractivity contribution is 5.73. The van der Waals surface area contributed by atoms with Crippen LogP contribution in [0, 0.1) is 0 Å². The summed E-state index contributed by atoms with van der Waals surface area (Å²) in [5.74, 6) is -1.70. The molecule has 1 aliphatic heterocycles. The van der Waals surface area contributed by atoms with Crippen molar-refractivity contribution in [3.8, 4) is 5.75 Å². The van der Waals surface area contributed by atoms with Crippen LogP contribution in [0.25, 0.3) is 0 Å². The van der Waals surface area contributed by atoms with E-state index in [1.54, 1.807) is 31.4 Å². The maximum atomic E-state index is 11.9. The Bertz CT molecular complexity index is 840. The second kappa shape index (κ2) is 12.2. The predicted molar refractivity (Wildman–Crippen MR) is 112 cm³/mol. The number of methoxy groups -OCH3 is 1. The molecule has 1 aromatic carbocycles. The van der Waals surface area contributed by atoms with E-state index in [1.807, 2.05) is 0 Å². The fourth-order valence-electron chi connectivity index (χ4n) is 3.33. The van der Waals surface area contributed by atoms with Gasteiger partial charge in [0.2, 0.25) is 5.91 Å². The summed E-state index contributed by atoms with van der Waals surface area (Å²) >= 11 is 0. The van der Waals surface area contributed by atoms with E-state index < -0.39 is 54.5 Å². The molecule has 1 fully saturated rings. The Morgan fingerprint density at radius 3 is 2.03 bits per heavy atom. The van der Waals surface area contributed by atoms with E-state index in [0.29, 0.717) is 5.75 Å². The molecule has 0 aliphatic carbocycles. The van der Waals surface area contributed by atoms with E-state index in [-0.39, 0.29) is 13.2 Å². The van der Waals surface area contributed by atoms with Gasteiger partial charge in [-0.3, -0.25) is 19.2 Å². The molecule has 11 heteroatoms. The first-order valence-electron chi connectivity index (χ1n) is 10.3. The molecular weight excluding hydrogens is 438 g/mol. The lowest BCUT2D eigenvalue weighted by atomic mass is 9.96. The van der Waals surface area contributed by atoms with Gasteiger partial charge in [-0.25, -0.2) is 0 Å². The maximum Gasteiger partial charge on any atom is 0.303 e. The lowest BCUT2D eigenvalue weighted by molar-refractivity contribution is -0.280. The molecule has 0 spiro atoms. The van der Waals surface area contributed by atoms with Gasteiger partial charge in [-0.15, -0.1) is 0 Å². The lowest BCUT2D eigenvalue weighted by Crippen LogP contribution is -2.66. The van der Waals surface area contributed by atoms with Crippen molar-refractivity contribution in [3.63, 3.8) is 0 Å². The topological polar surface area (TPSA) is 136 Å². The maximum absolute atomic E-state index is 11.9. The number of amides is 1. The predicted octanol–water partition coefficient (Wildman–Crippen LogP) is 0.868. The summed E-state index contributed by atoms with van der Waals surface area (Å²) in [7, 11) is 1.55. The summed E-state index contributed by atoms with van der Waals surface area (Å²) in [6, 6.07) is 6.08. The number of ether oxygens (including phenoxy) is 6. The van der Waals surface area contributed by atoms with Crippen molar-refractivity contribution in [1.82, 2.24) is 5.32 Å². The zero-order chi connectivity index (χ0) is 24.5. The Morgan fingerprint density at radius 1 is 0.909 bits per heavy atom. The van der Waals surface area contributed by atoms with Gasteiger partial charge in [0.15, 0.2) is 18.5 Å². The first-order valence-corrected chi connectivity index (χ1v) is 10.3. The van der Waals surface area contributed by atoms with E-state index in [9.17, 15) is 19.2 Å². The van der Waals surface area contributed by atoms with Crippen molar-refractivity contribution in [3.05, 3.63) is 29.8 Å². The zero-order valence-corrected chi connectivity index (χ0v) is 19.2. The summed E-state index contributed by atoms with van der Waals surface area (Å²) in [5.41, 5.74) is 0.781. The summed E-state index contributed by atoms with van der Waals surface area (Å²) in [4.78, 5) is 46.9. The van der Waals surface area contributed by atoms with Gasteiger partial charge in [0, 0.05) is 27.7 Å². The van der Waals surface area contributed by atoms with Crippen molar-refractivity contribution >= 4 is 23.8 Å². The second-order valence-corrected chi connectivity index (χ2v) is 7.38. The van der Waals surface area contributed by atoms with Crippen molar-refractivity contribution < 1.29 is 47.6 Å². The van der Waals surface area contributed by atoms with Gasteiger partial charge in [-0.2, -0.15) is 0 Å². The fourth-order valence-corrected chi connectivity index (χ4v) is 3.33. The van der Waals surface area contributed by atoms with Crippen LogP contribution in [0.15, 0.2) is 24.3 Å². The Hall–Kier alpha value is -3.18. The molecule has 1 N–H and O–H groups in total. The smallest absolute Gasteiger partial charge is 0.303 e. The molecule has 1 heterocycles. The lowest BCUT2D eigenvalue weighted by Gasteiger charge is -2.44. The monoisotopic (exact) mass is 467 g/mol. The molecule has 0 saturated carbocycles. The minimum absolute atomic E-state index is 0.0794. The highest BCUT2D eigenvalue weighted by Gasteiger charge is 2.51. The SMILES string of the molecule is COc1ccc(CO[C@@H]2O[C@H](COC(C)=O)[C@H](OC(C)=O)[C@@H](OC(C)=O)[C@@H]2NC(C)=O)cc1. The molecule has 0 aromatic heterocycles. The molecule has 1 saturated heterocycles. The van der Waals surface area contributed by atoms with E-state index >= 15 is 0 Å². The van der Waals surface area contributed by atoms with Gasteiger partial charge in [0.25, 0.3) is 0 Å². The van der Waals surface area contributed by atoms with Gasteiger partial charge in [-0.1, -0.05) is 12.1 Å². The van der Waals surface area contributed by atoms with Gasteiger partial charge in [0.05, 0.1) is 13.7 Å². The van der Waals surface area contributed by atoms with E-state index in [1.165, 1.54) is 27.7 Å². The molecule has 0 unspecified atom stereocenters. The number of hydrogen-bond donors (Lipinski definition) is 1. The van der Waals surface area contributed by atoms with Crippen LogP contribution in [0.5, 0.6) is 5.75 Å². The molecule has 0 radical (unpaired) electrons. The van der Waals surface area contributed by atoms with E-state index in [0.717, 1.165) is 5.56 Å². The summed E-state index contributed by atoms with van der Waals surface area (Å²) < 4.78 is 32.8. The standard InChI is InChI=1S/C22H29NO10/c1-12(24)23-19-21(32-15(4)27)20(31-14(3)26)18(11-29-13(2)25)33-22(19)30-10-16-6-8-17(28-5)9-7-16/h6-9,18-22H,10-11H2,1-5H3,(H,23,24)/t18-,19+,20+,21+,22-/m1/s1. The minimum Gasteiger partial charge on any atom is -0.497 e. The first-order chi connectivity index (χ1) is 15.6. The molecule has 2 rings (SSSR count). The number of carbonyl (C=O) groups is 4. The van der Waals surface area contributed by atoms with E-state index in [4.69, 9.17) is 28.4 Å². The third kappa shape index (κ3) is 8.03. The van der Waals surface area contributed by atoms with Gasteiger partial charge in [-0.05, 0) is 17.7 Å². The normalized spacial score (nSPS) is 24.3. The molecule has 1 aromatic rings. The van der Waals surface area contributed by atoms with Crippen molar-refractivity contribution in [2.45, 2.75) is 64.9 Å². The number of rotatable bonds is 9. The third-order valence-corrected chi connectivity index (χ3v) is 4.64. The van der Waals surface area contributed by atoms with Crippen LogP contribution >= 0.6 is 0 Å². The average Bonchev–Trinajstić information content (AvgIpc) is 2.73. The molecule has 1 amide bonds.